The largest absolute Gasteiger partial charge is 0.374 e. The summed E-state index contributed by atoms with van der Waals surface area (Å²) < 4.78 is 7.28. The summed E-state index contributed by atoms with van der Waals surface area (Å²) in [4.78, 5) is 32.3. The molecule has 0 bridgehead atoms. The first kappa shape index (κ1) is 15.2. The second-order valence-corrected chi connectivity index (χ2v) is 5.98. The van der Waals surface area contributed by atoms with E-state index in [1.165, 1.54) is 23.2 Å². The number of carbonyl (C=O) groups excluding carboxylic acids is 1. The number of likely N-dealkylation sites (N-methyl/N-ethyl adjacent to an activating group) is 1. The summed E-state index contributed by atoms with van der Waals surface area (Å²) in [6.45, 7) is 3.47. The summed E-state index contributed by atoms with van der Waals surface area (Å²) in [6.07, 6.45) is 4.37. The van der Waals surface area contributed by atoms with Gasteiger partial charge in [-0.3, -0.25) is 14.2 Å². The van der Waals surface area contributed by atoms with Gasteiger partial charge in [-0.05, 0) is 13.5 Å². The number of hydrogen-bond donors (Lipinski definition) is 0. The van der Waals surface area contributed by atoms with Gasteiger partial charge in [0, 0.05) is 44.9 Å². The van der Waals surface area contributed by atoms with Crippen LogP contribution in [0, 0.1) is 0 Å². The van der Waals surface area contributed by atoms with Gasteiger partial charge in [-0.2, -0.15) is 0 Å². The van der Waals surface area contributed by atoms with E-state index in [2.05, 4.69) is 16.9 Å². The van der Waals surface area contributed by atoms with Crippen LogP contribution < -0.4 is 5.56 Å². The maximum Gasteiger partial charge on any atom is 0.253 e. The molecule has 0 radical (unpaired) electrons. The van der Waals surface area contributed by atoms with Crippen molar-refractivity contribution in [2.75, 3.05) is 33.3 Å². The van der Waals surface area contributed by atoms with Gasteiger partial charge in [0.05, 0.1) is 25.1 Å². The number of ether oxygens (including phenoxy) is 1. The molecule has 120 valence electrons. The Morgan fingerprint density at radius 3 is 3.14 bits per heavy atom. The zero-order valence-electron chi connectivity index (χ0n) is 12.9. The molecule has 0 aliphatic carbocycles. The predicted octanol–water partition coefficient (Wildman–Crippen LogP) is -0.435. The van der Waals surface area contributed by atoms with E-state index < -0.39 is 0 Å². The number of aromatic nitrogens is 2. The molecule has 3 rings (SSSR count). The SMILES string of the molecule is CN1CC[C@@H]2OCCN(C(=O)CCn3cnccc3=O)[C@@H]2C1. The maximum absolute atomic E-state index is 12.6. The molecule has 0 aromatic carbocycles. The molecule has 22 heavy (non-hydrogen) atoms. The normalized spacial score (nSPS) is 25.8. The first-order chi connectivity index (χ1) is 10.6. The number of piperidine rings is 1. The number of fused-ring (bicyclic) bond motifs is 1. The summed E-state index contributed by atoms with van der Waals surface area (Å²) in [6, 6.07) is 1.54. The molecule has 2 saturated heterocycles. The van der Waals surface area contributed by atoms with Crippen molar-refractivity contribution in [3.63, 3.8) is 0 Å². The molecule has 0 spiro atoms. The minimum absolute atomic E-state index is 0.0874. The lowest BCUT2D eigenvalue weighted by molar-refractivity contribution is -0.152. The summed E-state index contributed by atoms with van der Waals surface area (Å²) in [7, 11) is 2.07. The van der Waals surface area contributed by atoms with E-state index in [4.69, 9.17) is 4.74 Å². The van der Waals surface area contributed by atoms with Gasteiger partial charge < -0.3 is 14.5 Å². The van der Waals surface area contributed by atoms with Crippen molar-refractivity contribution >= 4 is 5.91 Å². The van der Waals surface area contributed by atoms with Crippen LogP contribution in [0.3, 0.4) is 0 Å². The zero-order valence-corrected chi connectivity index (χ0v) is 12.9. The third-order valence-electron chi connectivity index (χ3n) is 4.47. The topological polar surface area (TPSA) is 67.7 Å². The third kappa shape index (κ3) is 3.20. The fourth-order valence-electron chi connectivity index (χ4n) is 3.25. The van der Waals surface area contributed by atoms with Gasteiger partial charge in [-0.15, -0.1) is 0 Å². The lowest BCUT2D eigenvalue weighted by Crippen LogP contribution is -2.60. The lowest BCUT2D eigenvalue weighted by atomic mass is 9.99. The minimum Gasteiger partial charge on any atom is -0.374 e. The molecule has 0 N–H and O–H groups in total. The minimum atomic E-state index is -0.125. The Morgan fingerprint density at radius 2 is 2.32 bits per heavy atom. The van der Waals surface area contributed by atoms with Crippen LogP contribution in [0.5, 0.6) is 0 Å². The summed E-state index contributed by atoms with van der Waals surface area (Å²) >= 11 is 0. The smallest absolute Gasteiger partial charge is 0.253 e. The average molecular weight is 306 g/mol. The van der Waals surface area contributed by atoms with Crippen molar-refractivity contribution < 1.29 is 9.53 Å². The van der Waals surface area contributed by atoms with E-state index in [0.717, 1.165) is 19.5 Å². The molecular formula is C15H22N4O3. The molecule has 2 aliphatic heterocycles. The van der Waals surface area contributed by atoms with Gasteiger partial charge in [0.15, 0.2) is 0 Å². The number of hydrogen-bond acceptors (Lipinski definition) is 5. The zero-order chi connectivity index (χ0) is 15.5. The third-order valence-corrected chi connectivity index (χ3v) is 4.47. The van der Waals surface area contributed by atoms with Crippen molar-refractivity contribution in [3.05, 3.63) is 28.9 Å². The number of amides is 1. The second-order valence-electron chi connectivity index (χ2n) is 5.98. The molecule has 3 heterocycles. The van der Waals surface area contributed by atoms with Gasteiger partial charge in [0.1, 0.15) is 0 Å². The second kappa shape index (κ2) is 6.58. The Morgan fingerprint density at radius 1 is 1.45 bits per heavy atom. The van der Waals surface area contributed by atoms with Crippen molar-refractivity contribution in [1.82, 2.24) is 19.4 Å². The molecule has 2 atom stereocenters. The first-order valence-electron chi connectivity index (χ1n) is 7.75. The Kier molecular flexibility index (Phi) is 4.54. The van der Waals surface area contributed by atoms with Crippen LogP contribution in [-0.2, 0) is 16.1 Å². The number of nitrogens with zero attached hydrogens (tertiary/aromatic N) is 4. The molecule has 2 fully saturated rings. The van der Waals surface area contributed by atoms with Crippen LogP contribution in [-0.4, -0.2) is 70.7 Å². The average Bonchev–Trinajstić information content (AvgIpc) is 2.53. The van der Waals surface area contributed by atoms with Gasteiger partial charge >= 0.3 is 0 Å². The van der Waals surface area contributed by atoms with Crippen LogP contribution in [0.25, 0.3) is 0 Å². The Labute approximate surface area is 129 Å². The molecule has 1 aromatic heterocycles. The molecule has 7 heteroatoms. The molecule has 7 nitrogen and oxygen atoms in total. The maximum atomic E-state index is 12.6. The fourth-order valence-corrected chi connectivity index (χ4v) is 3.25. The summed E-state index contributed by atoms with van der Waals surface area (Å²) in [5.41, 5.74) is -0.125. The number of morpholine rings is 1. The highest BCUT2D eigenvalue weighted by Gasteiger charge is 2.38. The van der Waals surface area contributed by atoms with E-state index in [1.807, 2.05) is 4.90 Å². The van der Waals surface area contributed by atoms with Gasteiger partial charge in [-0.1, -0.05) is 0 Å². The van der Waals surface area contributed by atoms with Crippen LogP contribution >= 0.6 is 0 Å². The lowest BCUT2D eigenvalue weighted by Gasteiger charge is -2.46. The van der Waals surface area contributed by atoms with Crippen LogP contribution in [0.4, 0.5) is 0 Å². The predicted molar refractivity (Wildman–Crippen MR) is 80.5 cm³/mol. The molecular weight excluding hydrogens is 284 g/mol. The summed E-state index contributed by atoms with van der Waals surface area (Å²) in [5, 5.41) is 0. The van der Waals surface area contributed by atoms with Crippen molar-refractivity contribution in [3.8, 4) is 0 Å². The Hall–Kier alpha value is -1.73. The monoisotopic (exact) mass is 306 g/mol. The van der Waals surface area contributed by atoms with E-state index in [9.17, 15) is 9.59 Å². The summed E-state index contributed by atoms with van der Waals surface area (Å²) in [5.74, 6) is 0.0874. The number of likely N-dealkylation sites (tertiary alicyclic amines) is 1. The van der Waals surface area contributed by atoms with E-state index in [0.29, 0.717) is 26.1 Å². The van der Waals surface area contributed by atoms with Crippen molar-refractivity contribution in [2.24, 2.45) is 0 Å². The Bertz CT molecular complexity index is 588. The van der Waals surface area contributed by atoms with Gasteiger partial charge in [0.2, 0.25) is 5.91 Å². The molecule has 1 amide bonds. The number of carbonyl (C=O) groups is 1. The quantitative estimate of drug-likeness (QED) is 0.758. The molecule has 1 aromatic rings. The van der Waals surface area contributed by atoms with Crippen LogP contribution in [0.15, 0.2) is 23.4 Å². The number of rotatable bonds is 3. The van der Waals surface area contributed by atoms with Crippen LogP contribution in [0.1, 0.15) is 12.8 Å². The Balaban J connectivity index is 1.63. The van der Waals surface area contributed by atoms with Crippen molar-refractivity contribution in [1.29, 1.82) is 0 Å². The van der Waals surface area contributed by atoms with Crippen molar-refractivity contribution in [2.45, 2.75) is 31.5 Å². The van der Waals surface area contributed by atoms with Gasteiger partial charge in [0.25, 0.3) is 5.56 Å². The number of aryl methyl sites for hydroxylation is 1. The van der Waals surface area contributed by atoms with Gasteiger partial charge in [-0.25, -0.2) is 4.98 Å². The highest BCUT2D eigenvalue weighted by Crippen LogP contribution is 2.23. The standard InChI is InChI=1S/C15H22N4O3/c1-17-6-3-13-12(10-17)19(8-9-22-13)15(21)4-7-18-11-16-5-2-14(18)20/h2,5,11-13H,3-4,6-10H2,1H3/t12-,13+/m1/s1. The molecule has 2 aliphatic rings. The fraction of sp³-hybridized carbons (Fsp3) is 0.667. The van der Waals surface area contributed by atoms with E-state index >= 15 is 0 Å². The highest BCUT2D eigenvalue weighted by atomic mass is 16.5. The van der Waals surface area contributed by atoms with E-state index in [1.54, 1.807) is 0 Å². The highest BCUT2D eigenvalue weighted by molar-refractivity contribution is 5.76. The molecule has 0 unspecified atom stereocenters. The van der Waals surface area contributed by atoms with Crippen LogP contribution in [0.2, 0.25) is 0 Å². The first-order valence-corrected chi connectivity index (χ1v) is 7.75. The van der Waals surface area contributed by atoms with E-state index in [-0.39, 0.29) is 23.6 Å². The molecule has 0 saturated carbocycles.